The van der Waals surface area contributed by atoms with Gasteiger partial charge in [0.25, 0.3) is 0 Å². The van der Waals surface area contributed by atoms with Crippen LogP contribution in [0.4, 0.5) is 5.69 Å². The smallest absolute Gasteiger partial charge is 0.238 e. The number of methoxy groups -OCH3 is 3. The molecule has 1 unspecified atom stereocenters. The number of rotatable bonds is 8. The van der Waals surface area contributed by atoms with Crippen LogP contribution in [0.3, 0.4) is 0 Å². The molecule has 29 heavy (non-hydrogen) atoms. The summed E-state index contributed by atoms with van der Waals surface area (Å²) < 4.78 is 16.0. The summed E-state index contributed by atoms with van der Waals surface area (Å²) in [4.78, 5) is 14.8. The van der Waals surface area contributed by atoms with Crippen LogP contribution >= 0.6 is 0 Å². The van der Waals surface area contributed by atoms with E-state index in [1.807, 2.05) is 17.0 Å². The van der Waals surface area contributed by atoms with Crippen LogP contribution in [-0.2, 0) is 11.2 Å². The van der Waals surface area contributed by atoms with Crippen molar-refractivity contribution in [3.63, 3.8) is 0 Å². The normalized spacial score (nSPS) is 14.8. The van der Waals surface area contributed by atoms with E-state index in [0.29, 0.717) is 29.5 Å². The molecule has 1 aliphatic rings. The molecule has 1 atom stereocenters. The Morgan fingerprint density at radius 2 is 1.86 bits per heavy atom. The summed E-state index contributed by atoms with van der Waals surface area (Å²) in [5.41, 5.74) is 3.14. The number of fused-ring (bicyclic) bond motifs is 1. The van der Waals surface area contributed by atoms with E-state index in [1.54, 1.807) is 12.1 Å². The number of nitrogens with one attached hydrogen (secondary N) is 1. The lowest BCUT2D eigenvalue weighted by Crippen LogP contribution is -2.36. The second-order valence-electron chi connectivity index (χ2n) is 6.82. The third-order valence-electron chi connectivity index (χ3n) is 5.13. The molecule has 2 aromatic rings. The van der Waals surface area contributed by atoms with Gasteiger partial charge in [0.1, 0.15) is 0 Å². The monoisotopic (exact) mass is 394 g/mol. The van der Waals surface area contributed by atoms with Crippen LogP contribution < -0.4 is 19.5 Å². The van der Waals surface area contributed by atoms with Crippen molar-refractivity contribution in [1.82, 2.24) is 4.90 Å². The second-order valence-corrected chi connectivity index (χ2v) is 6.82. The molecule has 0 aromatic heterocycles. The molecular weight excluding hydrogens is 368 g/mol. The van der Waals surface area contributed by atoms with Gasteiger partial charge in [-0.2, -0.15) is 0 Å². The number of ether oxygens (including phenoxy) is 3. The lowest BCUT2D eigenvalue weighted by atomic mass is 10.1. The SMILES string of the molecule is C#CCN(CC(=O)Nc1cc(OC)c(OC)c(OC)c1)C1CCc2ccccc21. The highest BCUT2D eigenvalue weighted by molar-refractivity contribution is 5.93. The van der Waals surface area contributed by atoms with Crippen LogP contribution in [0.2, 0.25) is 0 Å². The van der Waals surface area contributed by atoms with Gasteiger partial charge < -0.3 is 19.5 Å². The van der Waals surface area contributed by atoms with Gasteiger partial charge >= 0.3 is 0 Å². The molecule has 0 heterocycles. The number of aryl methyl sites for hydroxylation is 1. The summed E-state index contributed by atoms with van der Waals surface area (Å²) in [5, 5.41) is 2.91. The molecular formula is C23H26N2O4. The molecule has 1 N–H and O–H groups in total. The van der Waals surface area contributed by atoms with Crippen LogP contribution in [0, 0.1) is 12.3 Å². The third kappa shape index (κ3) is 4.47. The topological polar surface area (TPSA) is 60.0 Å². The Kier molecular flexibility index (Phi) is 6.63. The van der Waals surface area contributed by atoms with Crippen molar-refractivity contribution in [1.29, 1.82) is 0 Å². The van der Waals surface area contributed by atoms with E-state index >= 15 is 0 Å². The molecule has 3 rings (SSSR count). The number of benzene rings is 2. The molecule has 0 saturated heterocycles. The van der Waals surface area contributed by atoms with Gasteiger partial charge in [-0.15, -0.1) is 6.42 Å². The van der Waals surface area contributed by atoms with Gasteiger partial charge in [0, 0.05) is 23.9 Å². The molecule has 1 aliphatic carbocycles. The number of carbonyl (C=O) groups is 1. The van der Waals surface area contributed by atoms with Crippen molar-refractivity contribution in [2.24, 2.45) is 0 Å². The van der Waals surface area contributed by atoms with E-state index < -0.39 is 0 Å². The number of amides is 1. The van der Waals surface area contributed by atoms with Crippen LogP contribution in [0.25, 0.3) is 0 Å². The lowest BCUT2D eigenvalue weighted by Gasteiger charge is -2.27. The Bertz CT molecular complexity index is 894. The zero-order valence-corrected chi connectivity index (χ0v) is 17.0. The predicted molar refractivity (Wildman–Crippen MR) is 113 cm³/mol. The molecule has 0 aliphatic heterocycles. The summed E-state index contributed by atoms with van der Waals surface area (Å²) >= 11 is 0. The molecule has 0 saturated carbocycles. The fourth-order valence-electron chi connectivity index (χ4n) is 3.85. The van der Waals surface area contributed by atoms with E-state index in [4.69, 9.17) is 20.6 Å². The largest absolute Gasteiger partial charge is 0.493 e. The maximum atomic E-state index is 12.8. The molecule has 1 amide bonds. The van der Waals surface area contributed by atoms with Crippen LogP contribution in [0.15, 0.2) is 36.4 Å². The molecule has 152 valence electrons. The fourth-order valence-corrected chi connectivity index (χ4v) is 3.85. The van der Waals surface area contributed by atoms with Crippen molar-refractivity contribution < 1.29 is 19.0 Å². The predicted octanol–water partition coefficient (Wildman–Crippen LogP) is 3.27. The van der Waals surface area contributed by atoms with Gasteiger partial charge in [-0.05, 0) is 24.0 Å². The summed E-state index contributed by atoms with van der Waals surface area (Å²) in [6.07, 6.45) is 7.54. The first-order valence-electron chi connectivity index (χ1n) is 9.46. The van der Waals surface area contributed by atoms with E-state index in [0.717, 1.165) is 12.8 Å². The van der Waals surface area contributed by atoms with Crippen molar-refractivity contribution in [3.05, 3.63) is 47.5 Å². The standard InChI is InChI=1S/C23H26N2O4/c1-5-12-25(19-11-10-16-8-6-7-9-18(16)19)15-22(26)24-17-13-20(27-2)23(29-4)21(14-17)28-3/h1,6-9,13-14,19H,10-12,15H2,2-4H3,(H,24,26). The Labute approximate surface area is 171 Å². The molecule has 6 heteroatoms. The Hall–Kier alpha value is -3.17. The molecule has 2 aromatic carbocycles. The first kappa shape index (κ1) is 20.6. The van der Waals surface area contributed by atoms with E-state index in [1.165, 1.54) is 32.5 Å². The van der Waals surface area contributed by atoms with E-state index in [-0.39, 0.29) is 18.5 Å². The molecule has 0 radical (unpaired) electrons. The third-order valence-corrected chi connectivity index (χ3v) is 5.13. The number of nitrogens with zero attached hydrogens (tertiary/aromatic N) is 1. The summed E-state index contributed by atoms with van der Waals surface area (Å²) in [6.45, 7) is 0.599. The minimum atomic E-state index is -0.154. The van der Waals surface area contributed by atoms with Gasteiger partial charge in [0.15, 0.2) is 11.5 Å². The number of carbonyl (C=O) groups excluding carboxylic acids is 1. The maximum absolute atomic E-state index is 12.8. The highest BCUT2D eigenvalue weighted by atomic mass is 16.5. The minimum absolute atomic E-state index is 0.146. The van der Waals surface area contributed by atoms with Crippen molar-refractivity contribution in [2.75, 3.05) is 39.7 Å². The number of anilines is 1. The fraction of sp³-hybridized carbons (Fsp3) is 0.348. The van der Waals surface area contributed by atoms with Gasteiger partial charge in [-0.3, -0.25) is 9.69 Å². The van der Waals surface area contributed by atoms with Gasteiger partial charge in [0.05, 0.1) is 34.4 Å². The zero-order valence-electron chi connectivity index (χ0n) is 17.0. The lowest BCUT2D eigenvalue weighted by molar-refractivity contribution is -0.117. The average molecular weight is 394 g/mol. The summed E-state index contributed by atoms with van der Waals surface area (Å²) in [5.74, 6) is 3.97. The highest BCUT2D eigenvalue weighted by Gasteiger charge is 2.28. The average Bonchev–Trinajstić information content (AvgIpc) is 3.16. The van der Waals surface area contributed by atoms with Crippen LogP contribution in [-0.4, -0.2) is 45.2 Å². The molecule has 0 bridgehead atoms. The van der Waals surface area contributed by atoms with Gasteiger partial charge in [0.2, 0.25) is 11.7 Å². The first-order valence-corrected chi connectivity index (χ1v) is 9.46. The van der Waals surface area contributed by atoms with Gasteiger partial charge in [-0.1, -0.05) is 30.2 Å². The minimum Gasteiger partial charge on any atom is -0.493 e. The number of hydrogen-bond acceptors (Lipinski definition) is 5. The van der Waals surface area contributed by atoms with Crippen LogP contribution in [0.1, 0.15) is 23.6 Å². The first-order chi connectivity index (χ1) is 14.1. The summed E-state index contributed by atoms with van der Waals surface area (Å²) in [6, 6.07) is 11.9. The maximum Gasteiger partial charge on any atom is 0.238 e. The molecule has 0 spiro atoms. The van der Waals surface area contributed by atoms with Crippen molar-refractivity contribution >= 4 is 11.6 Å². The quantitative estimate of drug-likeness (QED) is 0.697. The Morgan fingerprint density at radius 1 is 1.17 bits per heavy atom. The summed E-state index contributed by atoms with van der Waals surface area (Å²) in [7, 11) is 4.61. The highest BCUT2D eigenvalue weighted by Crippen LogP contribution is 2.40. The van der Waals surface area contributed by atoms with E-state index in [9.17, 15) is 4.79 Å². The van der Waals surface area contributed by atoms with Gasteiger partial charge in [-0.25, -0.2) is 0 Å². The Balaban J connectivity index is 1.76. The molecule has 6 nitrogen and oxygen atoms in total. The van der Waals surface area contributed by atoms with Crippen molar-refractivity contribution in [2.45, 2.75) is 18.9 Å². The Morgan fingerprint density at radius 3 is 2.48 bits per heavy atom. The van der Waals surface area contributed by atoms with E-state index in [2.05, 4.69) is 23.4 Å². The van der Waals surface area contributed by atoms with Crippen molar-refractivity contribution in [3.8, 4) is 29.6 Å². The molecule has 0 fully saturated rings. The second kappa shape index (κ2) is 9.35. The number of terminal acetylenes is 1. The van der Waals surface area contributed by atoms with Crippen LogP contribution in [0.5, 0.6) is 17.2 Å². The zero-order chi connectivity index (χ0) is 20.8. The number of hydrogen-bond donors (Lipinski definition) is 1.